The van der Waals surface area contributed by atoms with Gasteiger partial charge in [-0.1, -0.05) is 6.07 Å². The smallest absolute Gasteiger partial charge is 0.191 e. The first-order valence-electron chi connectivity index (χ1n) is 6.94. The van der Waals surface area contributed by atoms with Crippen LogP contribution in [0.2, 0.25) is 0 Å². The number of aliphatic imine (C=N–C) groups is 1. The molecule has 7 heteroatoms. The maximum atomic E-state index is 5.31. The van der Waals surface area contributed by atoms with Gasteiger partial charge in [-0.15, -0.1) is 35.3 Å². The molecule has 0 amide bonds. The van der Waals surface area contributed by atoms with E-state index in [-0.39, 0.29) is 24.0 Å². The Kier molecular flexibility index (Phi) is 9.93. The van der Waals surface area contributed by atoms with Crippen molar-refractivity contribution in [3.05, 3.63) is 46.5 Å². The van der Waals surface area contributed by atoms with Gasteiger partial charge >= 0.3 is 0 Å². The van der Waals surface area contributed by atoms with Crippen LogP contribution in [0.1, 0.15) is 10.6 Å². The molecule has 0 fully saturated rings. The Morgan fingerprint density at radius 1 is 1.27 bits per heavy atom. The van der Waals surface area contributed by atoms with Crippen molar-refractivity contribution in [1.29, 1.82) is 0 Å². The number of thiophene rings is 1. The minimum Gasteiger partial charge on any atom is -0.469 e. The fourth-order valence-corrected chi connectivity index (χ4v) is 2.39. The van der Waals surface area contributed by atoms with Gasteiger partial charge in [0.15, 0.2) is 5.96 Å². The van der Waals surface area contributed by atoms with Gasteiger partial charge in [-0.25, -0.2) is 4.99 Å². The van der Waals surface area contributed by atoms with Crippen molar-refractivity contribution in [3.8, 4) is 0 Å². The van der Waals surface area contributed by atoms with E-state index in [9.17, 15) is 0 Å². The van der Waals surface area contributed by atoms with Crippen molar-refractivity contribution in [2.75, 3.05) is 26.8 Å². The van der Waals surface area contributed by atoms with E-state index in [1.165, 1.54) is 4.88 Å². The van der Waals surface area contributed by atoms with Gasteiger partial charge < -0.3 is 19.8 Å². The summed E-state index contributed by atoms with van der Waals surface area (Å²) in [5, 5.41) is 8.62. The van der Waals surface area contributed by atoms with E-state index in [1.54, 1.807) is 24.7 Å². The SMILES string of the molecule is COCCNC(=NCc1cccs1)NCCc1ccco1.I. The molecule has 22 heavy (non-hydrogen) atoms. The molecule has 2 aromatic rings. The molecule has 0 saturated heterocycles. The molecule has 2 N–H and O–H groups in total. The number of ether oxygens (including phenoxy) is 1. The molecule has 0 saturated carbocycles. The highest BCUT2D eigenvalue weighted by Crippen LogP contribution is 2.09. The summed E-state index contributed by atoms with van der Waals surface area (Å²) in [6, 6.07) is 8.00. The summed E-state index contributed by atoms with van der Waals surface area (Å²) in [4.78, 5) is 5.82. The lowest BCUT2D eigenvalue weighted by Gasteiger charge is -2.11. The minimum atomic E-state index is 0. The lowest BCUT2D eigenvalue weighted by Crippen LogP contribution is -2.39. The quantitative estimate of drug-likeness (QED) is 0.290. The van der Waals surface area contributed by atoms with E-state index in [1.807, 2.05) is 18.2 Å². The number of rotatable bonds is 8. The number of methoxy groups -OCH3 is 1. The Balaban J connectivity index is 0.00000242. The molecule has 0 aliphatic carbocycles. The zero-order valence-electron chi connectivity index (χ0n) is 12.6. The van der Waals surface area contributed by atoms with Crippen molar-refractivity contribution < 1.29 is 9.15 Å². The van der Waals surface area contributed by atoms with Crippen LogP contribution in [0.3, 0.4) is 0 Å². The molecule has 0 aliphatic heterocycles. The number of hydrogen-bond acceptors (Lipinski definition) is 4. The third-order valence-electron chi connectivity index (χ3n) is 2.82. The molecule has 2 heterocycles. The first-order valence-corrected chi connectivity index (χ1v) is 7.82. The number of halogens is 1. The van der Waals surface area contributed by atoms with Crippen LogP contribution in [0.5, 0.6) is 0 Å². The first-order chi connectivity index (χ1) is 10.4. The Morgan fingerprint density at radius 2 is 2.14 bits per heavy atom. The lowest BCUT2D eigenvalue weighted by atomic mass is 10.3. The van der Waals surface area contributed by atoms with Gasteiger partial charge in [0.25, 0.3) is 0 Å². The molecule has 2 rings (SSSR count). The van der Waals surface area contributed by atoms with Crippen molar-refractivity contribution >= 4 is 41.3 Å². The monoisotopic (exact) mass is 435 g/mol. The average molecular weight is 435 g/mol. The highest BCUT2D eigenvalue weighted by molar-refractivity contribution is 14.0. The van der Waals surface area contributed by atoms with Crippen LogP contribution in [0, 0.1) is 0 Å². The zero-order chi connectivity index (χ0) is 14.8. The van der Waals surface area contributed by atoms with Gasteiger partial charge in [-0.05, 0) is 23.6 Å². The van der Waals surface area contributed by atoms with E-state index in [0.717, 1.165) is 31.2 Å². The fraction of sp³-hybridized carbons (Fsp3) is 0.400. The normalized spacial score (nSPS) is 11.0. The molecule has 0 radical (unpaired) electrons. The van der Waals surface area contributed by atoms with Crippen LogP contribution < -0.4 is 10.6 Å². The molecular formula is C15H22IN3O2S. The molecule has 122 valence electrons. The minimum absolute atomic E-state index is 0. The summed E-state index contributed by atoms with van der Waals surface area (Å²) in [7, 11) is 1.69. The lowest BCUT2D eigenvalue weighted by molar-refractivity contribution is 0.203. The summed E-state index contributed by atoms with van der Waals surface area (Å²) in [6.45, 7) is 2.84. The van der Waals surface area contributed by atoms with Gasteiger partial charge in [-0.3, -0.25) is 0 Å². The van der Waals surface area contributed by atoms with Crippen LogP contribution in [0.15, 0.2) is 45.3 Å². The fourth-order valence-electron chi connectivity index (χ4n) is 1.76. The van der Waals surface area contributed by atoms with Gasteiger partial charge in [0.05, 0.1) is 19.4 Å². The number of furan rings is 1. The van der Waals surface area contributed by atoms with Gasteiger partial charge in [0, 0.05) is 31.5 Å². The predicted octanol–water partition coefficient (Wildman–Crippen LogP) is 2.88. The van der Waals surface area contributed by atoms with Crippen molar-refractivity contribution in [1.82, 2.24) is 10.6 Å². The molecule has 0 unspecified atom stereocenters. The molecule has 2 aromatic heterocycles. The Hall–Kier alpha value is -1.06. The Labute approximate surface area is 152 Å². The van der Waals surface area contributed by atoms with E-state index in [4.69, 9.17) is 9.15 Å². The van der Waals surface area contributed by atoms with Crippen molar-refractivity contribution in [2.24, 2.45) is 4.99 Å². The molecule has 0 aromatic carbocycles. The topological polar surface area (TPSA) is 58.8 Å². The van der Waals surface area contributed by atoms with Gasteiger partial charge in [0.2, 0.25) is 0 Å². The van der Waals surface area contributed by atoms with Crippen LogP contribution in [-0.4, -0.2) is 32.8 Å². The number of hydrogen-bond donors (Lipinski definition) is 2. The first kappa shape index (κ1) is 19.0. The van der Waals surface area contributed by atoms with Crippen LogP contribution in [0.25, 0.3) is 0 Å². The second kappa shape index (κ2) is 11.5. The summed E-state index contributed by atoms with van der Waals surface area (Å²) in [5.74, 6) is 1.77. The van der Waals surface area contributed by atoms with Crippen molar-refractivity contribution in [2.45, 2.75) is 13.0 Å². The molecule has 0 atom stereocenters. The van der Waals surface area contributed by atoms with E-state index in [0.29, 0.717) is 13.2 Å². The molecule has 5 nitrogen and oxygen atoms in total. The standard InChI is InChI=1S/C15H21N3O2S.HI/c1-19-10-8-17-15(18-12-14-5-3-11-21-14)16-7-6-13-4-2-9-20-13;/h2-5,9,11H,6-8,10,12H2,1H3,(H2,16,17,18);1H. The number of nitrogens with one attached hydrogen (secondary N) is 2. The second-order valence-electron chi connectivity index (χ2n) is 4.42. The van der Waals surface area contributed by atoms with E-state index >= 15 is 0 Å². The second-order valence-corrected chi connectivity index (χ2v) is 5.45. The summed E-state index contributed by atoms with van der Waals surface area (Å²) in [5.41, 5.74) is 0. The Bertz CT molecular complexity index is 515. The highest BCUT2D eigenvalue weighted by atomic mass is 127. The van der Waals surface area contributed by atoms with Crippen LogP contribution in [-0.2, 0) is 17.7 Å². The van der Waals surface area contributed by atoms with E-state index in [2.05, 4.69) is 27.1 Å². The zero-order valence-corrected chi connectivity index (χ0v) is 15.7. The molecule has 0 bridgehead atoms. The summed E-state index contributed by atoms with van der Waals surface area (Å²) in [6.07, 6.45) is 2.52. The summed E-state index contributed by atoms with van der Waals surface area (Å²) < 4.78 is 10.4. The van der Waals surface area contributed by atoms with Crippen molar-refractivity contribution in [3.63, 3.8) is 0 Å². The third kappa shape index (κ3) is 7.28. The number of nitrogens with zero attached hydrogens (tertiary/aromatic N) is 1. The maximum Gasteiger partial charge on any atom is 0.191 e. The predicted molar refractivity (Wildman–Crippen MR) is 101 cm³/mol. The average Bonchev–Trinajstić information content (AvgIpc) is 3.18. The van der Waals surface area contributed by atoms with Crippen LogP contribution in [0.4, 0.5) is 0 Å². The largest absolute Gasteiger partial charge is 0.469 e. The van der Waals surface area contributed by atoms with Gasteiger partial charge in [0.1, 0.15) is 5.76 Å². The summed E-state index contributed by atoms with van der Waals surface area (Å²) >= 11 is 1.71. The molecule has 0 aliphatic rings. The Morgan fingerprint density at radius 3 is 2.82 bits per heavy atom. The molecular weight excluding hydrogens is 413 g/mol. The molecule has 0 spiro atoms. The highest BCUT2D eigenvalue weighted by Gasteiger charge is 2.00. The third-order valence-corrected chi connectivity index (χ3v) is 3.68. The van der Waals surface area contributed by atoms with Gasteiger partial charge in [-0.2, -0.15) is 0 Å². The maximum absolute atomic E-state index is 5.31. The number of guanidine groups is 1. The van der Waals surface area contributed by atoms with E-state index < -0.39 is 0 Å². The van der Waals surface area contributed by atoms with Crippen LogP contribution >= 0.6 is 35.3 Å².